The molecule has 0 atom stereocenters. The molecule has 1 aromatic carbocycles. The van der Waals surface area contributed by atoms with E-state index in [9.17, 15) is 17.2 Å². The molecule has 0 aliphatic rings. The fourth-order valence-corrected chi connectivity index (χ4v) is 5.44. The second kappa shape index (κ2) is 6.81. The Labute approximate surface area is 152 Å². The number of hydrogen-bond donors (Lipinski definition) is 1. The first-order valence-corrected chi connectivity index (χ1v) is 10.5. The third kappa shape index (κ3) is 3.88. The lowest BCUT2D eigenvalue weighted by atomic mass is 10.2. The number of thiazole rings is 1. The Morgan fingerprint density at radius 2 is 1.92 bits per heavy atom. The number of aromatic nitrogens is 1. The first-order chi connectivity index (χ1) is 11.8. The van der Waals surface area contributed by atoms with Gasteiger partial charge in [0.1, 0.15) is 20.9 Å². The summed E-state index contributed by atoms with van der Waals surface area (Å²) in [5.41, 5.74) is 0.650. The quantitative estimate of drug-likeness (QED) is 0.650. The van der Waals surface area contributed by atoms with Crippen LogP contribution in [0.3, 0.4) is 0 Å². The molecular formula is C16H14F2N2O2S3. The first kappa shape index (κ1) is 18.0. The first-order valence-electron chi connectivity index (χ1n) is 7.30. The van der Waals surface area contributed by atoms with Crippen LogP contribution >= 0.6 is 22.7 Å². The van der Waals surface area contributed by atoms with Crippen molar-refractivity contribution >= 4 is 38.4 Å². The highest BCUT2D eigenvalue weighted by Crippen LogP contribution is 2.34. The van der Waals surface area contributed by atoms with Crippen LogP contribution in [0.2, 0.25) is 0 Å². The van der Waals surface area contributed by atoms with Crippen molar-refractivity contribution in [1.82, 2.24) is 4.98 Å². The SMILES string of the molecule is CC(C)c1csc(-c2ccc(S(=O)(=O)Nc3ccc(F)cc3F)s2)n1. The van der Waals surface area contributed by atoms with Crippen molar-refractivity contribution in [2.75, 3.05) is 4.72 Å². The van der Waals surface area contributed by atoms with Crippen LogP contribution in [0.25, 0.3) is 9.88 Å². The van der Waals surface area contributed by atoms with E-state index in [0.717, 1.165) is 39.0 Å². The van der Waals surface area contributed by atoms with Crippen molar-refractivity contribution in [2.45, 2.75) is 24.0 Å². The highest BCUT2D eigenvalue weighted by molar-refractivity contribution is 7.94. The normalized spacial score (nSPS) is 11.9. The monoisotopic (exact) mass is 400 g/mol. The minimum absolute atomic E-state index is 0.0347. The molecule has 2 aromatic heterocycles. The summed E-state index contributed by atoms with van der Waals surface area (Å²) in [6.07, 6.45) is 0. The number of halogens is 2. The zero-order valence-electron chi connectivity index (χ0n) is 13.3. The lowest BCUT2D eigenvalue weighted by molar-refractivity contribution is 0.583. The molecule has 0 unspecified atom stereocenters. The van der Waals surface area contributed by atoms with Gasteiger partial charge in [0.25, 0.3) is 10.0 Å². The van der Waals surface area contributed by atoms with Gasteiger partial charge in [-0.3, -0.25) is 4.72 Å². The van der Waals surface area contributed by atoms with Gasteiger partial charge in [-0.15, -0.1) is 22.7 Å². The average Bonchev–Trinajstić information content (AvgIpc) is 3.18. The van der Waals surface area contributed by atoms with Crippen LogP contribution in [0.15, 0.2) is 39.9 Å². The average molecular weight is 400 g/mol. The number of anilines is 1. The van der Waals surface area contributed by atoms with E-state index in [1.54, 1.807) is 6.07 Å². The number of thiophene rings is 1. The van der Waals surface area contributed by atoms with Crippen molar-refractivity contribution in [1.29, 1.82) is 0 Å². The smallest absolute Gasteiger partial charge is 0.271 e. The Balaban J connectivity index is 1.87. The van der Waals surface area contributed by atoms with E-state index in [4.69, 9.17) is 0 Å². The van der Waals surface area contributed by atoms with Crippen molar-refractivity contribution < 1.29 is 17.2 Å². The largest absolute Gasteiger partial charge is 0.276 e. The summed E-state index contributed by atoms with van der Waals surface area (Å²) in [6.45, 7) is 4.06. The van der Waals surface area contributed by atoms with Gasteiger partial charge in [0.15, 0.2) is 0 Å². The molecule has 2 heterocycles. The van der Waals surface area contributed by atoms with Crippen molar-refractivity contribution in [3.8, 4) is 9.88 Å². The Morgan fingerprint density at radius 1 is 1.16 bits per heavy atom. The second-order valence-electron chi connectivity index (χ2n) is 5.58. The summed E-state index contributed by atoms with van der Waals surface area (Å²) < 4.78 is 53.6. The van der Waals surface area contributed by atoms with Gasteiger partial charge in [-0.2, -0.15) is 0 Å². The van der Waals surface area contributed by atoms with Crippen LogP contribution in [0.5, 0.6) is 0 Å². The van der Waals surface area contributed by atoms with Gasteiger partial charge < -0.3 is 0 Å². The summed E-state index contributed by atoms with van der Waals surface area (Å²) in [5, 5.41) is 2.68. The molecule has 0 saturated carbocycles. The third-order valence-electron chi connectivity index (χ3n) is 3.35. The minimum Gasteiger partial charge on any atom is -0.276 e. The highest BCUT2D eigenvalue weighted by Gasteiger charge is 2.20. The molecule has 0 saturated heterocycles. The van der Waals surface area contributed by atoms with E-state index in [2.05, 4.69) is 9.71 Å². The molecule has 4 nitrogen and oxygen atoms in total. The van der Waals surface area contributed by atoms with Gasteiger partial charge in [0.2, 0.25) is 0 Å². The predicted molar refractivity (Wildman–Crippen MR) is 96.7 cm³/mol. The summed E-state index contributed by atoms with van der Waals surface area (Å²) in [6, 6.07) is 5.78. The van der Waals surface area contributed by atoms with Crippen LogP contribution in [0.1, 0.15) is 25.5 Å². The van der Waals surface area contributed by atoms with E-state index in [1.807, 2.05) is 19.2 Å². The molecule has 0 fully saturated rings. The lowest BCUT2D eigenvalue weighted by Gasteiger charge is -2.07. The third-order valence-corrected chi connectivity index (χ3v) is 7.32. The second-order valence-corrected chi connectivity index (χ2v) is 9.43. The molecule has 3 aromatic rings. The maximum absolute atomic E-state index is 13.7. The molecule has 0 aliphatic carbocycles. The van der Waals surface area contributed by atoms with Crippen molar-refractivity contribution in [3.63, 3.8) is 0 Å². The van der Waals surface area contributed by atoms with E-state index in [0.29, 0.717) is 6.07 Å². The maximum atomic E-state index is 13.7. The van der Waals surface area contributed by atoms with Gasteiger partial charge >= 0.3 is 0 Å². The highest BCUT2D eigenvalue weighted by atomic mass is 32.2. The summed E-state index contributed by atoms with van der Waals surface area (Å²) in [7, 11) is -3.96. The lowest BCUT2D eigenvalue weighted by Crippen LogP contribution is -2.12. The fraction of sp³-hybridized carbons (Fsp3) is 0.188. The van der Waals surface area contributed by atoms with Gasteiger partial charge in [0.05, 0.1) is 16.3 Å². The van der Waals surface area contributed by atoms with Gasteiger partial charge in [0, 0.05) is 11.4 Å². The van der Waals surface area contributed by atoms with Gasteiger partial charge in [-0.1, -0.05) is 13.8 Å². The van der Waals surface area contributed by atoms with Crippen molar-refractivity contribution in [2.24, 2.45) is 0 Å². The number of sulfonamides is 1. The van der Waals surface area contributed by atoms with Crippen molar-refractivity contribution in [3.05, 3.63) is 53.0 Å². The Hall–Kier alpha value is -1.84. The molecule has 0 radical (unpaired) electrons. The van der Waals surface area contributed by atoms with Gasteiger partial charge in [-0.25, -0.2) is 22.2 Å². The Morgan fingerprint density at radius 3 is 2.56 bits per heavy atom. The number of nitrogens with zero attached hydrogens (tertiary/aromatic N) is 1. The van der Waals surface area contributed by atoms with Gasteiger partial charge in [-0.05, 0) is 30.2 Å². The van der Waals surface area contributed by atoms with Crippen LogP contribution in [-0.2, 0) is 10.0 Å². The number of rotatable bonds is 5. The number of nitrogens with one attached hydrogen (secondary N) is 1. The molecular weight excluding hydrogens is 386 g/mol. The van der Waals surface area contributed by atoms with E-state index in [1.165, 1.54) is 17.4 Å². The standard InChI is InChI=1S/C16H14F2N2O2S3/c1-9(2)13-8-23-16(19-13)14-5-6-15(24-14)25(21,22)20-12-4-3-10(17)7-11(12)18/h3-9,20H,1-2H3. The molecule has 0 spiro atoms. The molecule has 0 amide bonds. The van der Waals surface area contributed by atoms with Crippen LogP contribution in [0.4, 0.5) is 14.5 Å². The van der Waals surface area contributed by atoms with Crippen LogP contribution in [-0.4, -0.2) is 13.4 Å². The summed E-state index contributed by atoms with van der Waals surface area (Å²) >= 11 is 2.49. The zero-order valence-corrected chi connectivity index (χ0v) is 15.7. The molecule has 132 valence electrons. The maximum Gasteiger partial charge on any atom is 0.271 e. The van der Waals surface area contributed by atoms with Crippen LogP contribution < -0.4 is 4.72 Å². The van der Waals surface area contributed by atoms with Crippen LogP contribution in [0, 0.1) is 11.6 Å². The molecule has 9 heteroatoms. The minimum atomic E-state index is -3.96. The topological polar surface area (TPSA) is 59.1 Å². The van der Waals surface area contributed by atoms with E-state index < -0.39 is 21.7 Å². The number of benzene rings is 1. The Bertz CT molecular complexity index is 1010. The molecule has 0 aliphatic heterocycles. The number of hydrogen-bond acceptors (Lipinski definition) is 5. The summed E-state index contributed by atoms with van der Waals surface area (Å²) in [4.78, 5) is 5.21. The molecule has 25 heavy (non-hydrogen) atoms. The molecule has 3 rings (SSSR count). The summed E-state index contributed by atoms with van der Waals surface area (Å²) in [5.74, 6) is -1.46. The predicted octanol–water partition coefficient (Wildman–Crippen LogP) is 5.07. The van der Waals surface area contributed by atoms with E-state index >= 15 is 0 Å². The fourth-order valence-electron chi connectivity index (χ4n) is 2.01. The molecule has 1 N–H and O–H groups in total. The molecule has 0 bridgehead atoms. The Kier molecular flexibility index (Phi) is 4.90. The van der Waals surface area contributed by atoms with E-state index in [-0.39, 0.29) is 15.8 Å². The zero-order chi connectivity index (χ0) is 18.2.